The molecule has 0 radical (unpaired) electrons. The molecule has 0 aromatic heterocycles. The summed E-state index contributed by atoms with van der Waals surface area (Å²) < 4.78 is 40.5. The Hall–Kier alpha value is -1.47. The maximum Gasteiger partial charge on any atom is 0.243 e. The summed E-state index contributed by atoms with van der Waals surface area (Å²) in [6.07, 6.45) is 0. The van der Waals surface area contributed by atoms with Crippen molar-refractivity contribution in [1.82, 2.24) is 9.62 Å². The number of carbonyl (C=O) groups is 1. The highest BCUT2D eigenvalue weighted by atomic mass is 32.2. The van der Waals surface area contributed by atoms with Gasteiger partial charge in [0.15, 0.2) is 0 Å². The molecule has 1 aromatic rings. The lowest BCUT2D eigenvalue weighted by atomic mass is 9.91. The van der Waals surface area contributed by atoms with Crippen molar-refractivity contribution in [2.24, 2.45) is 11.8 Å². The van der Waals surface area contributed by atoms with Gasteiger partial charge in [-0.05, 0) is 36.5 Å². The van der Waals surface area contributed by atoms with Crippen molar-refractivity contribution in [2.45, 2.75) is 38.6 Å². The molecule has 0 saturated carbocycles. The summed E-state index contributed by atoms with van der Waals surface area (Å²) in [6.45, 7) is 7.54. The second-order valence-electron chi connectivity index (χ2n) is 6.45. The van der Waals surface area contributed by atoms with Gasteiger partial charge in [-0.25, -0.2) is 12.8 Å². The Labute approximate surface area is 136 Å². The van der Waals surface area contributed by atoms with E-state index in [9.17, 15) is 17.6 Å². The van der Waals surface area contributed by atoms with Crippen LogP contribution in [0.4, 0.5) is 4.39 Å². The standard InChI is InChI=1S/C16H23FN2O3S/c1-10(2)14-8-19(9-16(14)18-12(4)20)23(21,22)13-6-5-11(3)15(17)7-13/h5-7,10,14,16H,8-9H2,1-4H3,(H,18,20)/t14-,16+/m1/s1. The highest BCUT2D eigenvalue weighted by molar-refractivity contribution is 7.89. The van der Waals surface area contributed by atoms with Crippen molar-refractivity contribution in [3.8, 4) is 0 Å². The van der Waals surface area contributed by atoms with Gasteiger partial charge in [-0.15, -0.1) is 0 Å². The fraction of sp³-hybridized carbons (Fsp3) is 0.562. The van der Waals surface area contributed by atoms with Gasteiger partial charge in [0.2, 0.25) is 15.9 Å². The summed E-state index contributed by atoms with van der Waals surface area (Å²) in [5.74, 6) is -0.462. The third-order valence-electron chi connectivity index (χ3n) is 4.36. The molecular weight excluding hydrogens is 319 g/mol. The molecule has 128 valence electrons. The van der Waals surface area contributed by atoms with Crippen LogP contribution < -0.4 is 5.32 Å². The zero-order valence-electron chi connectivity index (χ0n) is 13.8. The van der Waals surface area contributed by atoms with Gasteiger partial charge in [-0.3, -0.25) is 4.79 Å². The summed E-state index contributed by atoms with van der Waals surface area (Å²) in [6, 6.07) is 3.71. The Morgan fingerprint density at radius 2 is 2.00 bits per heavy atom. The first-order chi connectivity index (χ1) is 10.6. The molecule has 1 aromatic carbocycles. The molecule has 7 heteroatoms. The lowest BCUT2D eigenvalue weighted by Gasteiger charge is -2.21. The third-order valence-corrected chi connectivity index (χ3v) is 6.19. The SMILES string of the molecule is CC(=O)N[C@H]1CN(S(=O)(=O)c2ccc(C)c(F)c2)C[C@@H]1C(C)C. The average Bonchev–Trinajstić information content (AvgIpc) is 2.85. The van der Waals surface area contributed by atoms with Crippen molar-refractivity contribution in [3.63, 3.8) is 0 Å². The lowest BCUT2D eigenvalue weighted by molar-refractivity contribution is -0.119. The predicted octanol–water partition coefficient (Wildman–Crippen LogP) is 1.92. The molecule has 0 unspecified atom stereocenters. The zero-order chi connectivity index (χ0) is 17.4. The molecule has 0 bridgehead atoms. The average molecular weight is 342 g/mol. The van der Waals surface area contributed by atoms with E-state index in [-0.39, 0.29) is 35.2 Å². The summed E-state index contributed by atoms with van der Waals surface area (Å²) in [5, 5.41) is 2.83. The van der Waals surface area contributed by atoms with Crippen LogP contribution in [0, 0.1) is 24.6 Å². The fourth-order valence-electron chi connectivity index (χ4n) is 2.96. The molecule has 5 nitrogen and oxygen atoms in total. The van der Waals surface area contributed by atoms with Gasteiger partial charge >= 0.3 is 0 Å². The lowest BCUT2D eigenvalue weighted by Crippen LogP contribution is -2.41. The molecule has 1 N–H and O–H groups in total. The maximum absolute atomic E-state index is 13.7. The predicted molar refractivity (Wildman–Crippen MR) is 85.8 cm³/mol. The van der Waals surface area contributed by atoms with Crippen molar-refractivity contribution in [3.05, 3.63) is 29.6 Å². The van der Waals surface area contributed by atoms with E-state index in [0.717, 1.165) is 6.07 Å². The van der Waals surface area contributed by atoms with E-state index in [2.05, 4.69) is 5.32 Å². The number of rotatable bonds is 4. The van der Waals surface area contributed by atoms with Crippen LogP contribution >= 0.6 is 0 Å². The van der Waals surface area contributed by atoms with Crippen LogP contribution in [0.1, 0.15) is 26.3 Å². The maximum atomic E-state index is 13.7. The van der Waals surface area contributed by atoms with E-state index in [1.165, 1.54) is 23.4 Å². The third kappa shape index (κ3) is 3.72. The molecular formula is C16H23FN2O3S. The smallest absolute Gasteiger partial charge is 0.243 e. The largest absolute Gasteiger partial charge is 0.352 e. The molecule has 1 fully saturated rings. The van der Waals surface area contributed by atoms with Crippen molar-refractivity contribution in [1.29, 1.82) is 0 Å². The number of aryl methyl sites for hydroxylation is 1. The highest BCUT2D eigenvalue weighted by Crippen LogP contribution is 2.29. The van der Waals surface area contributed by atoms with E-state index in [1.54, 1.807) is 6.92 Å². The van der Waals surface area contributed by atoms with Gasteiger partial charge in [-0.1, -0.05) is 19.9 Å². The van der Waals surface area contributed by atoms with Crippen LogP contribution in [0.5, 0.6) is 0 Å². The molecule has 2 rings (SSSR count). The van der Waals surface area contributed by atoms with E-state index in [4.69, 9.17) is 0 Å². The number of amides is 1. The van der Waals surface area contributed by atoms with Gasteiger partial charge in [0.05, 0.1) is 4.90 Å². The first-order valence-corrected chi connectivity index (χ1v) is 9.10. The number of nitrogens with one attached hydrogen (secondary N) is 1. The monoisotopic (exact) mass is 342 g/mol. The van der Waals surface area contributed by atoms with Crippen LogP contribution in [0.15, 0.2) is 23.1 Å². The summed E-state index contributed by atoms with van der Waals surface area (Å²) in [7, 11) is -3.77. The zero-order valence-corrected chi connectivity index (χ0v) is 14.7. The van der Waals surface area contributed by atoms with Crippen molar-refractivity contribution >= 4 is 15.9 Å². The molecule has 0 aliphatic carbocycles. The number of halogens is 1. The van der Waals surface area contributed by atoms with Crippen LogP contribution in [0.2, 0.25) is 0 Å². The Bertz CT molecular complexity index is 703. The normalized spacial score (nSPS) is 22.5. The summed E-state index contributed by atoms with van der Waals surface area (Å²) >= 11 is 0. The molecule has 1 saturated heterocycles. The molecule has 1 heterocycles. The van der Waals surface area contributed by atoms with Gasteiger partial charge in [0.25, 0.3) is 0 Å². The first kappa shape index (κ1) is 17.9. The van der Waals surface area contributed by atoms with Crippen LogP contribution in [-0.4, -0.2) is 37.8 Å². The summed E-state index contributed by atoms with van der Waals surface area (Å²) in [4.78, 5) is 11.3. The molecule has 2 atom stereocenters. The van der Waals surface area contributed by atoms with E-state index < -0.39 is 15.8 Å². The minimum atomic E-state index is -3.77. The minimum Gasteiger partial charge on any atom is -0.352 e. The number of sulfonamides is 1. The van der Waals surface area contributed by atoms with Gasteiger partial charge in [0.1, 0.15) is 5.82 Å². The molecule has 1 amide bonds. The van der Waals surface area contributed by atoms with Crippen LogP contribution in [-0.2, 0) is 14.8 Å². The second kappa shape index (κ2) is 6.57. The Balaban J connectivity index is 2.29. The first-order valence-electron chi connectivity index (χ1n) is 7.66. The second-order valence-corrected chi connectivity index (χ2v) is 8.39. The number of hydrogen-bond acceptors (Lipinski definition) is 3. The van der Waals surface area contributed by atoms with Crippen LogP contribution in [0.25, 0.3) is 0 Å². The topological polar surface area (TPSA) is 66.5 Å². The minimum absolute atomic E-state index is 0.0315. The number of benzene rings is 1. The Kier molecular flexibility index (Phi) is 5.10. The molecule has 1 aliphatic rings. The molecule has 0 spiro atoms. The van der Waals surface area contributed by atoms with Crippen molar-refractivity contribution in [2.75, 3.05) is 13.1 Å². The van der Waals surface area contributed by atoms with Crippen molar-refractivity contribution < 1.29 is 17.6 Å². The summed E-state index contributed by atoms with van der Waals surface area (Å²) in [5.41, 5.74) is 0.404. The van der Waals surface area contributed by atoms with Gasteiger partial charge < -0.3 is 5.32 Å². The van der Waals surface area contributed by atoms with Crippen LogP contribution in [0.3, 0.4) is 0 Å². The molecule has 1 aliphatic heterocycles. The van der Waals surface area contributed by atoms with Gasteiger partial charge in [0, 0.05) is 26.1 Å². The number of nitrogens with zero attached hydrogens (tertiary/aromatic N) is 1. The number of carbonyl (C=O) groups excluding carboxylic acids is 1. The van der Waals surface area contributed by atoms with Gasteiger partial charge in [-0.2, -0.15) is 4.31 Å². The quantitative estimate of drug-likeness (QED) is 0.909. The van der Waals surface area contributed by atoms with E-state index in [1.807, 2.05) is 13.8 Å². The molecule has 23 heavy (non-hydrogen) atoms. The highest BCUT2D eigenvalue weighted by Gasteiger charge is 2.41. The van der Waals surface area contributed by atoms with E-state index in [0.29, 0.717) is 12.1 Å². The fourth-order valence-corrected chi connectivity index (χ4v) is 4.48. The number of hydrogen-bond donors (Lipinski definition) is 1. The Morgan fingerprint density at radius 1 is 1.35 bits per heavy atom. The van der Waals surface area contributed by atoms with E-state index >= 15 is 0 Å². The Morgan fingerprint density at radius 3 is 2.52 bits per heavy atom.